The van der Waals surface area contributed by atoms with Gasteiger partial charge < -0.3 is 15.8 Å². The lowest BCUT2D eigenvalue weighted by Gasteiger charge is -2.09. The first kappa shape index (κ1) is 15.2. The molecule has 3 N–H and O–H groups in total. The van der Waals surface area contributed by atoms with Crippen LogP contribution in [0.5, 0.6) is 5.75 Å². The fraction of sp³-hybridized carbons (Fsp3) is 0.154. The summed E-state index contributed by atoms with van der Waals surface area (Å²) in [5.74, 6) is 0.0383. The Balaban J connectivity index is 2.56. The Morgan fingerprint density at radius 3 is 2.73 bits per heavy atom. The number of nitro benzene ring substituents is 1. The second-order valence-electron chi connectivity index (χ2n) is 4.21. The van der Waals surface area contributed by atoms with Crippen LogP contribution in [-0.2, 0) is 0 Å². The minimum atomic E-state index is -0.537. The van der Waals surface area contributed by atoms with Crippen molar-refractivity contribution in [2.75, 3.05) is 19.9 Å². The topological polar surface area (TPSA) is 133 Å². The van der Waals surface area contributed by atoms with Crippen molar-refractivity contribution >= 4 is 17.4 Å². The molecule has 1 heterocycles. The van der Waals surface area contributed by atoms with Gasteiger partial charge in [-0.15, -0.1) is 0 Å². The number of hydrogen-bond acceptors (Lipinski definition) is 7. The van der Waals surface area contributed by atoms with Gasteiger partial charge in [-0.2, -0.15) is 0 Å². The van der Waals surface area contributed by atoms with Crippen molar-refractivity contribution in [3.63, 3.8) is 0 Å². The van der Waals surface area contributed by atoms with Crippen LogP contribution in [0.4, 0.5) is 11.5 Å². The van der Waals surface area contributed by atoms with E-state index in [4.69, 9.17) is 10.5 Å². The number of carbonyl (C=O) groups is 1. The molecule has 9 nitrogen and oxygen atoms in total. The number of methoxy groups -OCH3 is 1. The van der Waals surface area contributed by atoms with Gasteiger partial charge in [-0.1, -0.05) is 0 Å². The number of amides is 1. The molecule has 0 spiro atoms. The SMILES string of the molecule is CNC(=O)c1cnc(-c2cc([N+](=O)[O-])ccc2OC)nc1N. The number of non-ortho nitro benzene ring substituents is 1. The van der Waals surface area contributed by atoms with E-state index in [0.29, 0.717) is 11.3 Å². The van der Waals surface area contributed by atoms with E-state index in [-0.39, 0.29) is 22.9 Å². The Labute approximate surface area is 125 Å². The van der Waals surface area contributed by atoms with Crippen LogP contribution in [0.15, 0.2) is 24.4 Å². The standard InChI is InChI=1S/C13H13N5O4/c1-15-13(19)9-6-16-12(17-11(9)14)8-5-7(18(20)21)3-4-10(8)22-2/h3-6H,1-2H3,(H,15,19)(H2,14,16,17). The van der Waals surface area contributed by atoms with Crippen molar-refractivity contribution in [2.45, 2.75) is 0 Å². The molecule has 2 aromatic rings. The third kappa shape index (κ3) is 2.77. The largest absolute Gasteiger partial charge is 0.496 e. The Hall–Kier alpha value is -3.23. The van der Waals surface area contributed by atoms with Gasteiger partial charge in [-0.25, -0.2) is 9.97 Å². The molecule has 0 saturated heterocycles. The van der Waals surface area contributed by atoms with E-state index in [1.807, 2.05) is 0 Å². The molecule has 1 aromatic carbocycles. The van der Waals surface area contributed by atoms with Crippen molar-refractivity contribution in [1.82, 2.24) is 15.3 Å². The fourth-order valence-corrected chi connectivity index (χ4v) is 1.82. The molecule has 0 fully saturated rings. The van der Waals surface area contributed by atoms with Gasteiger partial charge in [0.2, 0.25) is 0 Å². The molecule has 1 aromatic heterocycles. The number of benzene rings is 1. The zero-order valence-corrected chi connectivity index (χ0v) is 11.9. The fourth-order valence-electron chi connectivity index (χ4n) is 1.82. The maximum absolute atomic E-state index is 11.6. The lowest BCUT2D eigenvalue weighted by molar-refractivity contribution is -0.384. The molecule has 2 rings (SSSR count). The summed E-state index contributed by atoms with van der Waals surface area (Å²) < 4.78 is 5.15. The predicted octanol–water partition coefficient (Wildman–Crippen LogP) is 1.00. The van der Waals surface area contributed by atoms with Crippen LogP contribution < -0.4 is 15.8 Å². The third-order valence-electron chi connectivity index (χ3n) is 2.92. The molecular weight excluding hydrogens is 290 g/mol. The second kappa shape index (κ2) is 6.04. The predicted molar refractivity (Wildman–Crippen MR) is 78.5 cm³/mol. The van der Waals surface area contributed by atoms with Crippen LogP contribution in [0.1, 0.15) is 10.4 Å². The summed E-state index contributed by atoms with van der Waals surface area (Å²) in [6, 6.07) is 4.04. The normalized spacial score (nSPS) is 10.1. The highest BCUT2D eigenvalue weighted by Crippen LogP contribution is 2.31. The van der Waals surface area contributed by atoms with E-state index < -0.39 is 10.8 Å². The molecule has 0 radical (unpaired) electrons. The van der Waals surface area contributed by atoms with Gasteiger partial charge in [-0.3, -0.25) is 14.9 Å². The molecule has 114 valence electrons. The number of ether oxygens (including phenoxy) is 1. The number of nitrogens with two attached hydrogens (primary N) is 1. The molecule has 0 aliphatic rings. The van der Waals surface area contributed by atoms with E-state index in [1.165, 1.54) is 38.6 Å². The van der Waals surface area contributed by atoms with Crippen LogP contribution in [0, 0.1) is 10.1 Å². The maximum Gasteiger partial charge on any atom is 0.270 e. The molecule has 0 unspecified atom stereocenters. The number of nitrogen functional groups attached to an aromatic ring is 1. The zero-order valence-electron chi connectivity index (χ0n) is 11.9. The highest BCUT2D eigenvalue weighted by molar-refractivity contribution is 5.98. The van der Waals surface area contributed by atoms with Crippen LogP contribution in [0.3, 0.4) is 0 Å². The highest BCUT2D eigenvalue weighted by Gasteiger charge is 2.17. The molecule has 0 atom stereocenters. The Morgan fingerprint density at radius 1 is 1.45 bits per heavy atom. The molecule has 0 aliphatic carbocycles. The molecule has 22 heavy (non-hydrogen) atoms. The van der Waals surface area contributed by atoms with E-state index in [1.54, 1.807) is 0 Å². The number of hydrogen-bond donors (Lipinski definition) is 2. The van der Waals surface area contributed by atoms with E-state index >= 15 is 0 Å². The minimum absolute atomic E-state index is 0.0297. The quantitative estimate of drug-likeness (QED) is 0.635. The van der Waals surface area contributed by atoms with Gasteiger partial charge in [0.25, 0.3) is 11.6 Å². The Morgan fingerprint density at radius 2 is 2.18 bits per heavy atom. The van der Waals surface area contributed by atoms with Gasteiger partial charge in [0.15, 0.2) is 5.82 Å². The van der Waals surface area contributed by atoms with Crippen molar-refractivity contribution in [2.24, 2.45) is 0 Å². The van der Waals surface area contributed by atoms with Crippen molar-refractivity contribution in [3.05, 3.63) is 40.1 Å². The summed E-state index contributed by atoms with van der Waals surface area (Å²) in [6.07, 6.45) is 1.26. The van der Waals surface area contributed by atoms with Crippen molar-refractivity contribution in [3.8, 4) is 17.1 Å². The molecule has 1 amide bonds. The van der Waals surface area contributed by atoms with Gasteiger partial charge in [0.05, 0.1) is 23.2 Å². The summed E-state index contributed by atoms with van der Waals surface area (Å²) in [5.41, 5.74) is 6.04. The van der Waals surface area contributed by atoms with Crippen molar-refractivity contribution in [1.29, 1.82) is 0 Å². The van der Waals surface area contributed by atoms with Gasteiger partial charge in [0.1, 0.15) is 11.6 Å². The average Bonchev–Trinajstić information content (AvgIpc) is 2.53. The lowest BCUT2D eigenvalue weighted by atomic mass is 10.1. The highest BCUT2D eigenvalue weighted by atomic mass is 16.6. The smallest absolute Gasteiger partial charge is 0.270 e. The number of rotatable bonds is 4. The molecule has 9 heteroatoms. The number of aromatic nitrogens is 2. The van der Waals surface area contributed by atoms with E-state index in [9.17, 15) is 14.9 Å². The van der Waals surface area contributed by atoms with Crippen LogP contribution in [-0.4, -0.2) is 35.0 Å². The summed E-state index contributed by atoms with van der Waals surface area (Å²) in [6.45, 7) is 0. The van der Waals surface area contributed by atoms with Gasteiger partial charge in [0, 0.05) is 25.4 Å². The molecular formula is C13H13N5O4. The van der Waals surface area contributed by atoms with Gasteiger partial charge in [-0.05, 0) is 6.07 Å². The number of carbonyl (C=O) groups excluding carboxylic acids is 1. The number of nitro groups is 1. The average molecular weight is 303 g/mol. The molecule has 0 bridgehead atoms. The van der Waals surface area contributed by atoms with Crippen LogP contribution in [0.2, 0.25) is 0 Å². The monoisotopic (exact) mass is 303 g/mol. The summed E-state index contributed by atoms with van der Waals surface area (Å²) in [5, 5.41) is 13.3. The van der Waals surface area contributed by atoms with Crippen LogP contribution >= 0.6 is 0 Å². The molecule has 0 aliphatic heterocycles. The number of nitrogens with zero attached hydrogens (tertiary/aromatic N) is 3. The zero-order chi connectivity index (χ0) is 16.3. The summed E-state index contributed by atoms with van der Waals surface area (Å²) >= 11 is 0. The summed E-state index contributed by atoms with van der Waals surface area (Å²) in [4.78, 5) is 30.0. The van der Waals surface area contributed by atoms with Crippen molar-refractivity contribution < 1.29 is 14.5 Å². The van der Waals surface area contributed by atoms with Crippen LogP contribution in [0.25, 0.3) is 11.4 Å². The second-order valence-corrected chi connectivity index (χ2v) is 4.21. The first-order valence-electron chi connectivity index (χ1n) is 6.15. The number of nitrogens with one attached hydrogen (secondary N) is 1. The molecule has 0 saturated carbocycles. The minimum Gasteiger partial charge on any atom is -0.496 e. The maximum atomic E-state index is 11.6. The van der Waals surface area contributed by atoms with Gasteiger partial charge >= 0.3 is 0 Å². The number of anilines is 1. The lowest BCUT2D eigenvalue weighted by Crippen LogP contribution is -2.20. The van der Waals surface area contributed by atoms with E-state index in [0.717, 1.165) is 0 Å². The first-order chi connectivity index (χ1) is 10.5. The Kier molecular flexibility index (Phi) is 4.16. The first-order valence-corrected chi connectivity index (χ1v) is 6.15. The Bertz CT molecular complexity index is 747. The van der Waals surface area contributed by atoms with E-state index in [2.05, 4.69) is 15.3 Å². The third-order valence-corrected chi connectivity index (χ3v) is 2.92. The summed E-state index contributed by atoms with van der Waals surface area (Å²) in [7, 11) is 2.88.